The van der Waals surface area contributed by atoms with E-state index in [-0.39, 0.29) is 53.3 Å². The zero-order valence-electron chi connectivity index (χ0n) is 25.5. The average Bonchev–Trinajstić information content (AvgIpc) is 2.89. The third-order valence-electron chi connectivity index (χ3n) is 8.38. The molecule has 3 aromatic rings. The molecule has 3 aromatic heterocycles. The summed E-state index contributed by atoms with van der Waals surface area (Å²) < 4.78 is 22.8. The number of carbonyl (C=O) groups is 1. The van der Waals surface area contributed by atoms with E-state index < -0.39 is 25.9 Å². The van der Waals surface area contributed by atoms with Crippen molar-refractivity contribution < 1.29 is 18.7 Å². The lowest BCUT2D eigenvalue weighted by atomic mass is 10.0. The number of fused-ring (bicyclic) bond motifs is 1. The maximum atomic E-state index is 14.9. The first-order valence-electron chi connectivity index (χ1n) is 14.2. The van der Waals surface area contributed by atoms with Gasteiger partial charge in [0.1, 0.15) is 5.82 Å². The van der Waals surface area contributed by atoms with Gasteiger partial charge in [-0.2, -0.15) is 4.98 Å². The summed E-state index contributed by atoms with van der Waals surface area (Å²) >= 11 is 6.20. The molecule has 1 fully saturated rings. The Bertz CT molecular complexity index is 1560. The third-order valence-corrected chi connectivity index (χ3v) is 13.2. The van der Waals surface area contributed by atoms with Crippen molar-refractivity contribution in [2.24, 2.45) is 0 Å². The molecule has 4 heterocycles. The quantitative estimate of drug-likeness (QED) is 0.259. The Morgan fingerprint density at radius 1 is 1.26 bits per heavy atom. The van der Waals surface area contributed by atoms with Gasteiger partial charge in [-0.05, 0) is 55.1 Å². The summed E-state index contributed by atoms with van der Waals surface area (Å²) in [5, 5.41) is 9.43. The van der Waals surface area contributed by atoms with E-state index in [9.17, 15) is 19.1 Å². The van der Waals surface area contributed by atoms with E-state index in [0.717, 1.165) is 5.56 Å². The Morgan fingerprint density at radius 3 is 2.55 bits per heavy atom. The molecular weight excluding hydrogens is 579 g/mol. The summed E-state index contributed by atoms with van der Waals surface area (Å²) in [6, 6.07) is 2.79. The summed E-state index contributed by atoms with van der Waals surface area (Å²) in [5.41, 5.74) is 1.59. The summed E-state index contributed by atoms with van der Waals surface area (Å²) in [7, 11) is -2.02. The van der Waals surface area contributed by atoms with Crippen LogP contribution < -0.4 is 10.6 Å². The van der Waals surface area contributed by atoms with Crippen molar-refractivity contribution in [1.82, 2.24) is 24.4 Å². The highest BCUT2D eigenvalue weighted by Gasteiger charge is 2.37. The molecule has 1 N–H and O–H groups in total. The predicted octanol–water partition coefficient (Wildman–Crippen LogP) is 5.84. The first-order chi connectivity index (χ1) is 19.5. The third kappa shape index (κ3) is 6.16. The van der Waals surface area contributed by atoms with Crippen LogP contribution >= 0.6 is 11.6 Å². The van der Waals surface area contributed by atoms with E-state index in [1.165, 1.54) is 15.5 Å². The van der Waals surface area contributed by atoms with E-state index in [1.54, 1.807) is 6.20 Å². The van der Waals surface area contributed by atoms with Gasteiger partial charge in [-0.1, -0.05) is 46.2 Å². The minimum atomic E-state index is -2.02. The van der Waals surface area contributed by atoms with Crippen LogP contribution in [0.2, 0.25) is 23.3 Å². The molecular formula is C29H40ClFN6O4Si. The lowest BCUT2D eigenvalue weighted by Gasteiger charge is -2.39. The van der Waals surface area contributed by atoms with Gasteiger partial charge >= 0.3 is 11.8 Å². The standard InChI is InChI=1S/C29H40ClFN6O4Si/c1-17(2)22-23(19(9-11-32-22)10-14-41-42(7,8)29(4,5)6)37-26-20(15-21(31)24(30)33-26)25(34-27(37)38)36-13-12-35(28(39)40)16-18(36)3/h9,11,15,17-18H,10,12-14,16H2,1-8H3,(H,39,40). The Morgan fingerprint density at radius 2 is 1.95 bits per heavy atom. The van der Waals surface area contributed by atoms with Gasteiger partial charge in [-0.3, -0.25) is 4.98 Å². The van der Waals surface area contributed by atoms with E-state index >= 15 is 0 Å². The number of nitrogens with zero attached hydrogens (tertiary/aromatic N) is 6. The Labute approximate surface area is 251 Å². The van der Waals surface area contributed by atoms with Crippen molar-refractivity contribution in [1.29, 1.82) is 0 Å². The number of pyridine rings is 2. The fourth-order valence-corrected chi connectivity index (χ4v) is 6.16. The van der Waals surface area contributed by atoms with Crippen molar-refractivity contribution in [2.45, 2.75) is 78.1 Å². The van der Waals surface area contributed by atoms with Crippen molar-refractivity contribution in [3.05, 3.63) is 51.0 Å². The summed E-state index contributed by atoms with van der Waals surface area (Å²) in [5.74, 6) is -0.555. The van der Waals surface area contributed by atoms with Gasteiger partial charge in [0.15, 0.2) is 24.9 Å². The number of aromatic nitrogens is 4. The Hall–Kier alpha value is -3.09. The first-order valence-corrected chi connectivity index (χ1v) is 17.5. The van der Waals surface area contributed by atoms with Crippen LogP contribution in [0.1, 0.15) is 58.7 Å². The maximum Gasteiger partial charge on any atom is 0.407 e. The van der Waals surface area contributed by atoms with E-state index in [0.29, 0.717) is 29.8 Å². The second kappa shape index (κ2) is 11.9. The van der Waals surface area contributed by atoms with Gasteiger partial charge in [0, 0.05) is 38.5 Å². The molecule has 0 radical (unpaired) electrons. The summed E-state index contributed by atoms with van der Waals surface area (Å²) in [6.45, 7) is 17.9. The van der Waals surface area contributed by atoms with Crippen molar-refractivity contribution in [2.75, 3.05) is 31.1 Å². The number of piperazine rings is 1. The predicted molar refractivity (Wildman–Crippen MR) is 165 cm³/mol. The lowest BCUT2D eigenvalue weighted by molar-refractivity contribution is 0.136. The van der Waals surface area contributed by atoms with Crippen LogP contribution in [0.3, 0.4) is 0 Å². The highest BCUT2D eigenvalue weighted by molar-refractivity contribution is 6.74. The molecule has 0 saturated carbocycles. The molecule has 4 rings (SSSR count). The molecule has 1 saturated heterocycles. The van der Waals surface area contributed by atoms with Crippen LogP contribution in [0.15, 0.2) is 23.1 Å². The Kier molecular flexibility index (Phi) is 9.01. The average molecular weight is 619 g/mol. The van der Waals surface area contributed by atoms with Crippen molar-refractivity contribution >= 4 is 42.9 Å². The number of halogens is 2. The molecule has 0 spiro atoms. The van der Waals surface area contributed by atoms with Crippen LogP contribution in [0.4, 0.5) is 15.0 Å². The molecule has 228 valence electrons. The van der Waals surface area contributed by atoms with Gasteiger partial charge < -0.3 is 19.3 Å². The van der Waals surface area contributed by atoms with Gasteiger partial charge in [0.2, 0.25) is 0 Å². The molecule has 1 aliphatic rings. The molecule has 1 unspecified atom stereocenters. The van der Waals surface area contributed by atoms with Gasteiger partial charge in [-0.25, -0.2) is 23.5 Å². The van der Waals surface area contributed by atoms with Gasteiger partial charge in [0.05, 0.1) is 16.8 Å². The molecule has 0 aromatic carbocycles. The smallest absolute Gasteiger partial charge is 0.407 e. The number of hydrogen-bond acceptors (Lipinski definition) is 7. The van der Waals surface area contributed by atoms with E-state index in [1.807, 2.05) is 31.7 Å². The fourth-order valence-electron chi connectivity index (χ4n) is 4.98. The summed E-state index contributed by atoms with van der Waals surface area (Å²) in [4.78, 5) is 42.1. The largest absolute Gasteiger partial charge is 0.465 e. The highest BCUT2D eigenvalue weighted by Crippen LogP contribution is 2.37. The normalized spacial score (nSPS) is 16.5. The topological polar surface area (TPSA) is 114 Å². The molecule has 10 nitrogen and oxygen atoms in total. The summed E-state index contributed by atoms with van der Waals surface area (Å²) in [6.07, 6.45) is 1.22. The molecule has 0 bridgehead atoms. The van der Waals surface area contributed by atoms with Crippen LogP contribution in [-0.4, -0.2) is 76.2 Å². The number of anilines is 1. The number of amides is 1. The van der Waals surface area contributed by atoms with Crippen LogP contribution in [-0.2, 0) is 10.8 Å². The van der Waals surface area contributed by atoms with Gasteiger partial charge in [-0.15, -0.1) is 0 Å². The zero-order chi connectivity index (χ0) is 31.1. The SMILES string of the molecule is CC(C)c1nccc(CCO[Si](C)(C)C(C)(C)C)c1-n1c(=O)nc(N2CCN(C(=O)O)CC2C)c2cc(F)c(Cl)nc21. The van der Waals surface area contributed by atoms with Crippen molar-refractivity contribution in [3.8, 4) is 5.69 Å². The minimum absolute atomic E-state index is 0.0435. The van der Waals surface area contributed by atoms with Crippen LogP contribution in [0, 0.1) is 5.82 Å². The highest BCUT2D eigenvalue weighted by atomic mass is 35.5. The molecule has 1 amide bonds. The second-order valence-corrected chi connectivity index (χ2v) is 17.8. The minimum Gasteiger partial charge on any atom is -0.465 e. The lowest BCUT2D eigenvalue weighted by Crippen LogP contribution is -2.54. The molecule has 13 heteroatoms. The fraction of sp³-hybridized carbons (Fsp3) is 0.552. The molecule has 42 heavy (non-hydrogen) atoms. The number of carboxylic acid groups (broad SMARTS) is 1. The van der Waals surface area contributed by atoms with E-state index in [2.05, 4.69) is 48.8 Å². The number of rotatable bonds is 7. The van der Waals surface area contributed by atoms with Crippen LogP contribution in [0.25, 0.3) is 16.7 Å². The molecule has 1 aliphatic heterocycles. The Balaban J connectivity index is 1.89. The monoisotopic (exact) mass is 618 g/mol. The number of hydrogen-bond donors (Lipinski definition) is 1. The van der Waals surface area contributed by atoms with Crippen molar-refractivity contribution in [3.63, 3.8) is 0 Å². The molecule has 0 aliphatic carbocycles. The van der Waals surface area contributed by atoms with E-state index in [4.69, 9.17) is 16.0 Å². The maximum absolute atomic E-state index is 14.9. The van der Waals surface area contributed by atoms with Crippen LogP contribution in [0.5, 0.6) is 0 Å². The molecule has 1 atom stereocenters. The van der Waals surface area contributed by atoms with Gasteiger partial charge in [0.25, 0.3) is 0 Å². The second-order valence-electron chi connectivity index (χ2n) is 12.7. The first kappa shape index (κ1) is 31.8. The zero-order valence-corrected chi connectivity index (χ0v) is 27.3.